The molecule has 3 N–H and O–H groups in total. The number of ether oxygens (including phenoxy) is 1. The van der Waals surface area contributed by atoms with Crippen molar-refractivity contribution in [3.63, 3.8) is 0 Å². The molecule has 1 saturated heterocycles. The molecule has 0 saturated carbocycles. The van der Waals surface area contributed by atoms with E-state index in [0.717, 1.165) is 0 Å². The van der Waals surface area contributed by atoms with Crippen LogP contribution in [0.1, 0.15) is 28.9 Å². The number of fused-ring (bicyclic) bond motifs is 1. The Morgan fingerprint density at radius 1 is 0.957 bits per heavy atom. The fraction of sp³-hybridized carbons (Fsp3) is 0.182. The number of H-pyrrole nitrogens is 1. The van der Waals surface area contributed by atoms with Gasteiger partial charge in [-0.3, -0.25) is 9.59 Å². The fourth-order valence-corrected chi connectivity index (χ4v) is 6.47. The zero-order valence-corrected chi connectivity index (χ0v) is 26.6. The summed E-state index contributed by atoms with van der Waals surface area (Å²) in [6, 6.07) is 17.9. The molecule has 0 unspecified atom stereocenters. The second kappa shape index (κ2) is 13.0. The lowest BCUT2D eigenvalue weighted by Gasteiger charge is -2.23. The van der Waals surface area contributed by atoms with Crippen molar-refractivity contribution >= 4 is 64.1 Å². The molecule has 6 rings (SSSR count). The lowest BCUT2D eigenvalue weighted by Crippen LogP contribution is -2.41. The summed E-state index contributed by atoms with van der Waals surface area (Å²) in [5, 5.41) is 14.4. The highest BCUT2D eigenvalue weighted by atomic mass is 35.5. The lowest BCUT2D eigenvalue weighted by molar-refractivity contribution is -0.119. The second-order valence-corrected chi connectivity index (χ2v) is 11.9. The molecule has 3 aromatic heterocycles. The number of carboxylic acid groups (broad SMARTS) is 1. The van der Waals surface area contributed by atoms with Crippen LogP contribution in [0.4, 0.5) is 4.79 Å². The largest absolute Gasteiger partial charge is 0.481 e. The molecule has 1 atom stereocenters. The number of aldehydes is 1. The zero-order chi connectivity index (χ0) is 32.5. The number of hydrogen-bond donors (Lipinski definition) is 3. The van der Waals surface area contributed by atoms with Crippen LogP contribution in [0.3, 0.4) is 0 Å². The number of hydrogen-bond acceptors (Lipinski definition) is 6. The van der Waals surface area contributed by atoms with Crippen molar-refractivity contribution in [1.29, 1.82) is 0 Å². The summed E-state index contributed by atoms with van der Waals surface area (Å²) in [6.45, 7) is 0.181. The third-order valence-corrected chi connectivity index (χ3v) is 9.09. The summed E-state index contributed by atoms with van der Waals surface area (Å²) in [5.74, 6) is 0.171. The van der Waals surface area contributed by atoms with Crippen LogP contribution < -0.4 is 10.1 Å². The average Bonchev–Trinajstić information content (AvgIpc) is 3.62. The first kappa shape index (κ1) is 31.3. The number of aromatic amines is 1. The van der Waals surface area contributed by atoms with Gasteiger partial charge in [0.2, 0.25) is 11.8 Å². The molecular formula is C33H26Cl3N5O5. The molecular weight excluding hydrogens is 653 g/mol. The van der Waals surface area contributed by atoms with Gasteiger partial charge in [0.25, 0.3) is 0 Å². The quantitative estimate of drug-likeness (QED) is 0.137. The van der Waals surface area contributed by atoms with Gasteiger partial charge in [-0.15, -0.1) is 0 Å². The molecule has 0 aliphatic carbocycles. The zero-order valence-electron chi connectivity index (χ0n) is 24.3. The number of aromatic nitrogens is 3. The number of nitrogens with zero attached hydrogens (tertiary/aromatic N) is 3. The number of nitrogens with one attached hydrogen (secondary N) is 2. The molecule has 2 amide bonds. The van der Waals surface area contributed by atoms with Gasteiger partial charge < -0.3 is 25.0 Å². The molecule has 46 heavy (non-hydrogen) atoms. The first-order valence-corrected chi connectivity index (χ1v) is 15.3. The molecule has 234 valence electrons. The van der Waals surface area contributed by atoms with E-state index in [9.17, 15) is 19.5 Å². The van der Waals surface area contributed by atoms with Crippen LogP contribution in [0.15, 0.2) is 60.7 Å². The maximum absolute atomic E-state index is 12.0. The fourth-order valence-electron chi connectivity index (χ4n) is 5.58. The Labute approximate surface area is 278 Å². The highest BCUT2D eigenvalue weighted by Gasteiger charge is 2.26. The molecule has 0 radical (unpaired) electrons. The summed E-state index contributed by atoms with van der Waals surface area (Å²) >= 11 is 20.3. The van der Waals surface area contributed by atoms with Gasteiger partial charge in [0, 0.05) is 52.2 Å². The number of methoxy groups -OCH3 is 1. The SMILES string of the molecule is COc1nc(-c2cccc(-c3cccc(-c4ccc5c(Cl)c(C=O)[nH]c5n4)c3Cl)c2Cl)ccc1CN(C[C@@H]1CCC(=O)N1)C(=O)O. The van der Waals surface area contributed by atoms with Crippen molar-refractivity contribution in [2.45, 2.75) is 25.4 Å². The maximum Gasteiger partial charge on any atom is 0.407 e. The Balaban J connectivity index is 1.31. The minimum Gasteiger partial charge on any atom is -0.481 e. The molecule has 10 nitrogen and oxygen atoms in total. The van der Waals surface area contributed by atoms with E-state index >= 15 is 0 Å². The van der Waals surface area contributed by atoms with Gasteiger partial charge in [0.05, 0.1) is 45.8 Å². The third-order valence-electron chi connectivity index (χ3n) is 7.87. The Morgan fingerprint density at radius 3 is 2.17 bits per heavy atom. The monoisotopic (exact) mass is 677 g/mol. The van der Waals surface area contributed by atoms with Crippen molar-refractivity contribution in [1.82, 2.24) is 25.2 Å². The number of amides is 2. The molecule has 0 spiro atoms. The van der Waals surface area contributed by atoms with Crippen molar-refractivity contribution in [3.05, 3.63) is 87.0 Å². The number of rotatable bonds is 9. The van der Waals surface area contributed by atoms with Crippen LogP contribution in [0.5, 0.6) is 5.88 Å². The topological polar surface area (TPSA) is 138 Å². The van der Waals surface area contributed by atoms with Gasteiger partial charge in [-0.2, -0.15) is 0 Å². The number of halogens is 3. The van der Waals surface area contributed by atoms with Crippen LogP contribution in [-0.4, -0.2) is 62.9 Å². The first-order chi connectivity index (χ1) is 22.2. The first-order valence-electron chi connectivity index (χ1n) is 14.2. The van der Waals surface area contributed by atoms with E-state index in [1.807, 2.05) is 36.4 Å². The van der Waals surface area contributed by atoms with E-state index < -0.39 is 6.09 Å². The molecule has 4 heterocycles. The predicted molar refractivity (Wildman–Crippen MR) is 177 cm³/mol. The van der Waals surface area contributed by atoms with Crippen molar-refractivity contribution in [2.75, 3.05) is 13.7 Å². The Hall–Kier alpha value is -4.64. The van der Waals surface area contributed by atoms with E-state index in [1.54, 1.807) is 24.3 Å². The number of carbonyl (C=O) groups is 3. The van der Waals surface area contributed by atoms with Crippen molar-refractivity contribution in [2.24, 2.45) is 0 Å². The van der Waals surface area contributed by atoms with Crippen molar-refractivity contribution in [3.8, 4) is 39.5 Å². The smallest absolute Gasteiger partial charge is 0.407 e. The van der Waals surface area contributed by atoms with Gasteiger partial charge in [-0.1, -0.05) is 71.2 Å². The standard InChI is InChI=1S/C33H26Cl3N5O5/c1-46-32-17(14-41(33(44)45)15-18-9-13-27(43)37-18)8-11-25(40-32)22-7-3-5-20(29(22)35)19-4-2-6-21(28(19)34)24-12-10-23-30(36)26(16-42)39-31(23)38-24/h2-8,10-12,16,18H,9,13-15H2,1H3,(H,37,43)(H,38,39)(H,44,45)/t18-/m0/s1. The van der Waals surface area contributed by atoms with E-state index in [2.05, 4.69) is 20.3 Å². The number of benzene rings is 2. The van der Waals surface area contributed by atoms with Gasteiger partial charge in [0.1, 0.15) is 5.65 Å². The summed E-state index contributed by atoms with van der Waals surface area (Å²) < 4.78 is 5.56. The van der Waals surface area contributed by atoms with Crippen LogP contribution in [0, 0.1) is 0 Å². The predicted octanol–water partition coefficient (Wildman–Crippen LogP) is 7.50. The number of carbonyl (C=O) groups excluding carboxylic acids is 2. The summed E-state index contributed by atoms with van der Waals surface area (Å²) in [4.78, 5) is 48.4. The average molecular weight is 679 g/mol. The molecule has 1 aliphatic rings. The second-order valence-electron chi connectivity index (χ2n) is 10.7. The van der Waals surface area contributed by atoms with E-state index in [0.29, 0.717) is 84.4 Å². The molecule has 5 aromatic rings. The van der Waals surface area contributed by atoms with Gasteiger partial charge >= 0.3 is 6.09 Å². The van der Waals surface area contributed by atoms with Crippen LogP contribution in [0.2, 0.25) is 15.1 Å². The Morgan fingerprint density at radius 2 is 1.59 bits per heavy atom. The molecule has 1 fully saturated rings. The van der Waals surface area contributed by atoms with Crippen molar-refractivity contribution < 1.29 is 24.2 Å². The molecule has 0 bridgehead atoms. The highest BCUT2D eigenvalue weighted by molar-refractivity contribution is 6.39. The maximum atomic E-state index is 12.0. The third kappa shape index (κ3) is 5.99. The molecule has 2 aromatic carbocycles. The normalized spacial score (nSPS) is 14.3. The lowest BCUT2D eigenvalue weighted by atomic mass is 9.98. The summed E-state index contributed by atoms with van der Waals surface area (Å²) in [5.41, 5.74) is 4.99. The summed E-state index contributed by atoms with van der Waals surface area (Å²) in [7, 11) is 1.47. The molecule has 1 aliphatic heterocycles. The molecule has 13 heteroatoms. The van der Waals surface area contributed by atoms with Gasteiger partial charge in [0.15, 0.2) is 6.29 Å². The highest BCUT2D eigenvalue weighted by Crippen LogP contribution is 2.42. The Kier molecular flexibility index (Phi) is 8.86. The number of pyridine rings is 2. The van der Waals surface area contributed by atoms with Gasteiger partial charge in [-0.25, -0.2) is 14.8 Å². The van der Waals surface area contributed by atoms with E-state index in [4.69, 9.17) is 39.5 Å². The van der Waals surface area contributed by atoms with E-state index in [1.165, 1.54) is 12.0 Å². The Bertz CT molecular complexity index is 2010. The van der Waals surface area contributed by atoms with Crippen LogP contribution in [0.25, 0.3) is 44.7 Å². The minimum atomic E-state index is -1.11. The van der Waals surface area contributed by atoms with Crippen LogP contribution in [-0.2, 0) is 11.3 Å². The minimum absolute atomic E-state index is 0.0271. The van der Waals surface area contributed by atoms with E-state index in [-0.39, 0.29) is 36.6 Å². The van der Waals surface area contributed by atoms with Gasteiger partial charge in [-0.05, 0) is 30.7 Å². The summed E-state index contributed by atoms with van der Waals surface area (Å²) in [6.07, 6.45) is 0.494. The van der Waals surface area contributed by atoms with Crippen LogP contribution >= 0.6 is 34.8 Å².